The number of carbonyl (C=O) groups excluding carboxylic acids is 1. The molecule has 0 aromatic rings. The molecule has 0 amide bonds. The fraction of sp³-hybridized carbons (Fsp3) is 0.667. The van der Waals surface area contributed by atoms with Crippen molar-refractivity contribution in [2.75, 3.05) is 13.7 Å². The molecule has 16 heavy (non-hydrogen) atoms. The van der Waals surface area contributed by atoms with Gasteiger partial charge >= 0.3 is 5.97 Å². The average molecular weight is 226 g/mol. The van der Waals surface area contributed by atoms with Crippen molar-refractivity contribution in [3.63, 3.8) is 0 Å². The standard InChI is InChI=1S/C12H22N2O2/c1-7-16-11(15)8-9-14(6)13-10(2)12(3,4)5/h8-9H,7H2,1-6H3/b9-8+,13-10?. The minimum Gasteiger partial charge on any atom is -0.463 e. The van der Waals surface area contributed by atoms with Gasteiger partial charge in [0.05, 0.1) is 6.61 Å². The van der Waals surface area contributed by atoms with Gasteiger partial charge in [-0.15, -0.1) is 0 Å². The van der Waals surface area contributed by atoms with E-state index in [9.17, 15) is 4.79 Å². The van der Waals surface area contributed by atoms with Gasteiger partial charge in [0.2, 0.25) is 0 Å². The van der Waals surface area contributed by atoms with E-state index in [0.717, 1.165) is 5.71 Å². The molecule has 0 saturated carbocycles. The van der Waals surface area contributed by atoms with Crippen LogP contribution in [0.1, 0.15) is 34.6 Å². The summed E-state index contributed by atoms with van der Waals surface area (Å²) in [4.78, 5) is 11.0. The number of esters is 1. The summed E-state index contributed by atoms with van der Waals surface area (Å²) in [6, 6.07) is 0. The van der Waals surface area contributed by atoms with Crippen LogP contribution in [0.3, 0.4) is 0 Å². The molecule has 0 bridgehead atoms. The number of nitrogens with zero attached hydrogens (tertiary/aromatic N) is 2. The molecular weight excluding hydrogens is 204 g/mol. The number of carbonyl (C=O) groups is 1. The second-order valence-corrected chi connectivity index (χ2v) is 4.58. The molecular formula is C12H22N2O2. The molecule has 0 aromatic heterocycles. The Hall–Kier alpha value is -1.32. The fourth-order valence-corrected chi connectivity index (χ4v) is 0.779. The van der Waals surface area contributed by atoms with E-state index in [4.69, 9.17) is 4.74 Å². The second kappa shape index (κ2) is 6.30. The van der Waals surface area contributed by atoms with Gasteiger partial charge in [0.15, 0.2) is 0 Å². The number of hydrogen-bond donors (Lipinski definition) is 0. The number of hydrogen-bond acceptors (Lipinski definition) is 4. The SMILES string of the molecule is CCOC(=O)/C=C/N(C)N=C(C)C(C)(C)C. The van der Waals surface area contributed by atoms with Gasteiger partial charge in [0.1, 0.15) is 0 Å². The zero-order valence-electron chi connectivity index (χ0n) is 11.1. The van der Waals surface area contributed by atoms with Gasteiger partial charge in [-0.1, -0.05) is 20.8 Å². The Balaban J connectivity index is 4.38. The maximum absolute atomic E-state index is 11.0. The predicted octanol–water partition coefficient (Wildman–Crippen LogP) is 2.42. The van der Waals surface area contributed by atoms with Crippen molar-refractivity contribution in [2.45, 2.75) is 34.6 Å². The first-order valence-corrected chi connectivity index (χ1v) is 5.41. The molecule has 0 saturated heterocycles. The summed E-state index contributed by atoms with van der Waals surface area (Å²) in [6.45, 7) is 10.4. The summed E-state index contributed by atoms with van der Waals surface area (Å²) in [5, 5.41) is 5.94. The van der Waals surface area contributed by atoms with Crippen LogP contribution in [0.25, 0.3) is 0 Å². The normalized spacial score (nSPS) is 13.0. The van der Waals surface area contributed by atoms with E-state index in [1.807, 2.05) is 6.92 Å². The Bertz CT molecular complexity index is 288. The van der Waals surface area contributed by atoms with Crippen LogP contribution in [0.15, 0.2) is 17.4 Å². The van der Waals surface area contributed by atoms with Gasteiger partial charge in [-0.25, -0.2) is 4.79 Å². The minimum atomic E-state index is -0.349. The Morgan fingerprint density at radius 3 is 2.44 bits per heavy atom. The van der Waals surface area contributed by atoms with Crippen LogP contribution in [0.2, 0.25) is 0 Å². The van der Waals surface area contributed by atoms with Crippen LogP contribution in [0.5, 0.6) is 0 Å². The molecule has 0 aliphatic carbocycles. The van der Waals surface area contributed by atoms with Gasteiger partial charge in [0, 0.05) is 30.5 Å². The highest BCUT2D eigenvalue weighted by Gasteiger charge is 2.14. The van der Waals surface area contributed by atoms with Gasteiger partial charge in [0.25, 0.3) is 0 Å². The number of rotatable bonds is 4. The Morgan fingerprint density at radius 2 is 2.00 bits per heavy atom. The van der Waals surface area contributed by atoms with E-state index in [-0.39, 0.29) is 11.4 Å². The van der Waals surface area contributed by atoms with Gasteiger partial charge < -0.3 is 4.74 Å². The van der Waals surface area contributed by atoms with Crippen LogP contribution in [0.4, 0.5) is 0 Å². The minimum absolute atomic E-state index is 0.0338. The smallest absolute Gasteiger partial charge is 0.332 e. The lowest BCUT2D eigenvalue weighted by Crippen LogP contribution is -2.20. The van der Waals surface area contributed by atoms with Crippen molar-refractivity contribution >= 4 is 11.7 Å². The zero-order valence-corrected chi connectivity index (χ0v) is 11.1. The van der Waals surface area contributed by atoms with Crippen molar-refractivity contribution in [3.8, 4) is 0 Å². The van der Waals surface area contributed by atoms with Crippen molar-refractivity contribution < 1.29 is 9.53 Å². The molecule has 0 rings (SSSR count). The lowest BCUT2D eigenvalue weighted by atomic mass is 9.91. The Morgan fingerprint density at radius 1 is 1.44 bits per heavy atom. The van der Waals surface area contributed by atoms with E-state index >= 15 is 0 Å². The highest BCUT2D eigenvalue weighted by Crippen LogP contribution is 2.15. The van der Waals surface area contributed by atoms with Crippen LogP contribution in [0, 0.1) is 5.41 Å². The number of ether oxygens (including phenoxy) is 1. The van der Waals surface area contributed by atoms with Crippen molar-refractivity contribution in [3.05, 3.63) is 12.3 Å². The molecule has 0 unspecified atom stereocenters. The van der Waals surface area contributed by atoms with Crippen LogP contribution in [-0.2, 0) is 9.53 Å². The maximum Gasteiger partial charge on any atom is 0.332 e. The molecule has 0 aromatic carbocycles. The predicted molar refractivity (Wildman–Crippen MR) is 66.1 cm³/mol. The topological polar surface area (TPSA) is 41.9 Å². The monoisotopic (exact) mass is 226 g/mol. The van der Waals surface area contributed by atoms with Crippen molar-refractivity contribution in [2.24, 2.45) is 10.5 Å². The quantitative estimate of drug-likeness (QED) is 0.320. The summed E-state index contributed by atoms with van der Waals surface area (Å²) in [5.41, 5.74) is 1.04. The fourth-order valence-electron chi connectivity index (χ4n) is 0.779. The van der Waals surface area contributed by atoms with Crippen LogP contribution in [-0.4, -0.2) is 30.3 Å². The third-order valence-electron chi connectivity index (χ3n) is 2.11. The molecule has 0 heterocycles. The third-order valence-corrected chi connectivity index (χ3v) is 2.11. The first-order chi connectivity index (χ1) is 7.27. The Kier molecular flexibility index (Phi) is 5.78. The van der Waals surface area contributed by atoms with E-state index < -0.39 is 0 Å². The highest BCUT2D eigenvalue weighted by atomic mass is 16.5. The highest BCUT2D eigenvalue weighted by molar-refractivity contribution is 5.86. The second-order valence-electron chi connectivity index (χ2n) is 4.58. The molecule has 0 aliphatic heterocycles. The molecule has 0 fully saturated rings. The van der Waals surface area contributed by atoms with E-state index in [0.29, 0.717) is 6.61 Å². The third kappa shape index (κ3) is 6.22. The summed E-state index contributed by atoms with van der Waals surface area (Å²) in [5.74, 6) is -0.349. The van der Waals surface area contributed by atoms with Crippen LogP contribution < -0.4 is 0 Å². The lowest BCUT2D eigenvalue weighted by molar-refractivity contribution is -0.137. The van der Waals surface area contributed by atoms with Gasteiger partial charge in [-0.2, -0.15) is 5.10 Å². The van der Waals surface area contributed by atoms with E-state index in [2.05, 4.69) is 25.9 Å². The molecule has 4 heteroatoms. The molecule has 0 N–H and O–H groups in total. The largest absolute Gasteiger partial charge is 0.463 e. The molecule has 92 valence electrons. The van der Waals surface area contributed by atoms with Gasteiger partial charge in [-0.3, -0.25) is 5.01 Å². The summed E-state index contributed by atoms with van der Waals surface area (Å²) < 4.78 is 4.76. The lowest BCUT2D eigenvalue weighted by Gasteiger charge is -2.20. The van der Waals surface area contributed by atoms with Crippen molar-refractivity contribution in [1.29, 1.82) is 0 Å². The summed E-state index contributed by atoms with van der Waals surface area (Å²) in [6.07, 6.45) is 2.95. The first kappa shape index (κ1) is 14.7. The molecule has 0 atom stereocenters. The van der Waals surface area contributed by atoms with E-state index in [1.54, 1.807) is 25.2 Å². The molecule has 0 radical (unpaired) electrons. The molecule has 0 aliphatic rings. The Labute approximate surface area is 98.0 Å². The maximum atomic E-state index is 11.0. The number of hydrazone groups is 1. The summed E-state index contributed by atoms with van der Waals surface area (Å²) in [7, 11) is 1.78. The molecule has 4 nitrogen and oxygen atoms in total. The first-order valence-electron chi connectivity index (χ1n) is 5.41. The summed E-state index contributed by atoms with van der Waals surface area (Å²) >= 11 is 0. The average Bonchev–Trinajstić information content (AvgIpc) is 2.13. The van der Waals surface area contributed by atoms with Crippen molar-refractivity contribution in [1.82, 2.24) is 5.01 Å². The molecule has 0 spiro atoms. The zero-order chi connectivity index (χ0) is 12.8. The van der Waals surface area contributed by atoms with E-state index in [1.165, 1.54) is 6.08 Å². The van der Waals surface area contributed by atoms with Gasteiger partial charge in [-0.05, 0) is 13.8 Å². The van der Waals surface area contributed by atoms with Crippen LogP contribution >= 0.6 is 0 Å².